The molecule has 0 saturated carbocycles. The summed E-state index contributed by atoms with van der Waals surface area (Å²) in [5.41, 5.74) is 9.24. The van der Waals surface area contributed by atoms with Gasteiger partial charge in [0.05, 0.1) is 0 Å². The Kier molecular flexibility index (Phi) is 4.26. The van der Waals surface area contributed by atoms with Gasteiger partial charge in [-0.25, -0.2) is 0 Å². The summed E-state index contributed by atoms with van der Waals surface area (Å²) in [6.45, 7) is 0. The summed E-state index contributed by atoms with van der Waals surface area (Å²) >= 11 is 7.57. The van der Waals surface area contributed by atoms with E-state index in [4.69, 9.17) is 0 Å². The number of hydrogen-bond acceptors (Lipinski definition) is 0. The smallest absolute Gasteiger partial charge is 0.0370 e. The number of rotatable bonds is 2. The zero-order valence-electron chi connectivity index (χ0n) is 14.5. The topological polar surface area (TPSA) is 0 Å². The first-order chi connectivity index (χ1) is 13.3. The Hall–Kier alpha value is -2.16. The van der Waals surface area contributed by atoms with Gasteiger partial charge in [-0.3, -0.25) is 0 Å². The highest BCUT2D eigenvalue weighted by atomic mass is 79.9. The summed E-state index contributed by atoms with van der Waals surface area (Å²) in [6, 6.07) is 32.6. The molecule has 0 heterocycles. The Morgan fingerprint density at radius 2 is 1.11 bits per heavy atom. The first-order valence-electron chi connectivity index (χ1n) is 8.97. The summed E-state index contributed by atoms with van der Waals surface area (Å²) < 4.78 is 2.24. The van der Waals surface area contributed by atoms with Crippen molar-refractivity contribution in [1.29, 1.82) is 0 Å². The van der Waals surface area contributed by atoms with Crippen LogP contribution in [0.15, 0.2) is 99.9 Å². The predicted octanol–water partition coefficient (Wildman–Crippen LogP) is 8.04. The summed E-state index contributed by atoms with van der Waals surface area (Å²) in [5, 5.41) is 0. The zero-order chi connectivity index (χ0) is 18.4. The lowest BCUT2D eigenvalue weighted by Gasteiger charge is -2.20. The first-order valence-corrected chi connectivity index (χ1v) is 10.6. The molecule has 0 bridgehead atoms. The van der Waals surface area contributed by atoms with Gasteiger partial charge in [-0.1, -0.05) is 84.9 Å². The van der Waals surface area contributed by atoms with Crippen molar-refractivity contribution >= 4 is 31.9 Å². The van der Waals surface area contributed by atoms with E-state index < -0.39 is 0 Å². The lowest BCUT2D eigenvalue weighted by atomic mass is 9.84. The van der Waals surface area contributed by atoms with Crippen molar-refractivity contribution in [3.8, 4) is 22.3 Å². The fraction of sp³-hybridized carbons (Fsp3) is 0.0400. The minimum atomic E-state index is 0.208. The summed E-state index contributed by atoms with van der Waals surface area (Å²) in [5.74, 6) is 0.208. The molecule has 1 aliphatic rings. The van der Waals surface area contributed by atoms with E-state index >= 15 is 0 Å². The Balaban J connectivity index is 1.82. The molecule has 2 heteroatoms. The Labute approximate surface area is 176 Å². The molecule has 1 aliphatic carbocycles. The second kappa shape index (κ2) is 6.78. The molecule has 0 saturated heterocycles. The Bertz CT molecular complexity index is 1150. The van der Waals surface area contributed by atoms with Crippen molar-refractivity contribution in [2.24, 2.45) is 0 Å². The van der Waals surface area contributed by atoms with Gasteiger partial charge in [0.2, 0.25) is 0 Å². The highest BCUT2D eigenvalue weighted by Crippen LogP contribution is 2.53. The molecule has 1 unspecified atom stereocenters. The molecule has 0 aliphatic heterocycles. The van der Waals surface area contributed by atoms with Crippen LogP contribution in [-0.2, 0) is 0 Å². The standard InChI is InChI=1S/C25H16Br2/c26-22-15-14-21-18-11-5-7-13-20(18)23(24(21)25(22)27)19-12-6-4-10-17(19)16-8-2-1-3-9-16/h1-15,23H. The van der Waals surface area contributed by atoms with E-state index in [1.165, 1.54) is 38.9 Å². The molecular formula is C25H16Br2. The van der Waals surface area contributed by atoms with Crippen LogP contribution in [0.4, 0.5) is 0 Å². The third-order valence-electron chi connectivity index (χ3n) is 5.34. The Morgan fingerprint density at radius 3 is 1.85 bits per heavy atom. The van der Waals surface area contributed by atoms with E-state index in [9.17, 15) is 0 Å². The minimum absolute atomic E-state index is 0.208. The third kappa shape index (κ3) is 2.70. The fourth-order valence-corrected chi connectivity index (χ4v) is 5.11. The lowest BCUT2D eigenvalue weighted by Crippen LogP contribution is -2.02. The van der Waals surface area contributed by atoms with Gasteiger partial charge in [0, 0.05) is 14.9 Å². The van der Waals surface area contributed by atoms with Gasteiger partial charge >= 0.3 is 0 Å². The molecular weight excluding hydrogens is 460 g/mol. The fourth-order valence-electron chi connectivity index (χ4n) is 4.19. The number of hydrogen-bond donors (Lipinski definition) is 0. The molecule has 0 nitrogen and oxygen atoms in total. The summed E-state index contributed by atoms with van der Waals surface area (Å²) in [6.07, 6.45) is 0. The van der Waals surface area contributed by atoms with Gasteiger partial charge in [-0.15, -0.1) is 0 Å². The van der Waals surface area contributed by atoms with Gasteiger partial charge in [0.25, 0.3) is 0 Å². The van der Waals surface area contributed by atoms with Crippen LogP contribution in [-0.4, -0.2) is 0 Å². The van der Waals surface area contributed by atoms with Crippen molar-refractivity contribution in [2.45, 2.75) is 5.92 Å². The van der Waals surface area contributed by atoms with Crippen LogP contribution >= 0.6 is 31.9 Å². The largest absolute Gasteiger partial charge is 0.0622 e. The normalized spacial score (nSPS) is 14.7. The third-order valence-corrected chi connectivity index (χ3v) is 7.39. The quantitative estimate of drug-likeness (QED) is 0.242. The van der Waals surface area contributed by atoms with Gasteiger partial charge in [0.15, 0.2) is 0 Å². The monoisotopic (exact) mass is 474 g/mol. The van der Waals surface area contributed by atoms with E-state index in [1.807, 2.05) is 0 Å². The van der Waals surface area contributed by atoms with Crippen LogP contribution in [0.25, 0.3) is 22.3 Å². The number of benzene rings is 4. The average molecular weight is 476 g/mol. The van der Waals surface area contributed by atoms with Crippen molar-refractivity contribution in [2.75, 3.05) is 0 Å². The van der Waals surface area contributed by atoms with Gasteiger partial charge in [0.1, 0.15) is 0 Å². The van der Waals surface area contributed by atoms with Crippen molar-refractivity contribution in [3.05, 3.63) is 117 Å². The molecule has 4 aromatic rings. The SMILES string of the molecule is Brc1ccc2c(c1Br)C(c1ccccc1-c1ccccc1)c1ccccc1-2. The second-order valence-electron chi connectivity index (χ2n) is 6.80. The van der Waals surface area contributed by atoms with E-state index in [0.29, 0.717) is 0 Å². The van der Waals surface area contributed by atoms with Crippen molar-refractivity contribution in [3.63, 3.8) is 0 Å². The maximum atomic E-state index is 3.86. The molecule has 0 fully saturated rings. The molecule has 1 atom stereocenters. The summed E-state index contributed by atoms with van der Waals surface area (Å²) in [7, 11) is 0. The van der Waals surface area contributed by atoms with Crippen LogP contribution in [0.5, 0.6) is 0 Å². The molecule has 4 aromatic carbocycles. The van der Waals surface area contributed by atoms with E-state index in [1.54, 1.807) is 0 Å². The van der Waals surface area contributed by atoms with Gasteiger partial charge in [-0.05, 0) is 76.9 Å². The van der Waals surface area contributed by atoms with Crippen LogP contribution < -0.4 is 0 Å². The first kappa shape index (κ1) is 17.0. The predicted molar refractivity (Wildman–Crippen MR) is 120 cm³/mol. The molecule has 0 amide bonds. The maximum absolute atomic E-state index is 3.86. The van der Waals surface area contributed by atoms with Gasteiger partial charge in [-0.2, -0.15) is 0 Å². The lowest BCUT2D eigenvalue weighted by molar-refractivity contribution is 1.01. The second-order valence-corrected chi connectivity index (χ2v) is 8.44. The highest BCUT2D eigenvalue weighted by molar-refractivity contribution is 9.13. The van der Waals surface area contributed by atoms with Crippen molar-refractivity contribution < 1.29 is 0 Å². The van der Waals surface area contributed by atoms with E-state index in [-0.39, 0.29) is 5.92 Å². The molecule has 130 valence electrons. The molecule has 0 spiro atoms. The zero-order valence-corrected chi connectivity index (χ0v) is 17.7. The highest BCUT2D eigenvalue weighted by Gasteiger charge is 2.33. The molecule has 27 heavy (non-hydrogen) atoms. The van der Waals surface area contributed by atoms with Gasteiger partial charge < -0.3 is 0 Å². The maximum Gasteiger partial charge on any atom is 0.0370 e. The van der Waals surface area contributed by atoms with Crippen LogP contribution in [0.1, 0.15) is 22.6 Å². The van der Waals surface area contributed by atoms with Crippen molar-refractivity contribution in [1.82, 2.24) is 0 Å². The van der Waals surface area contributed by atoms with Crippen LogP contribution in [0.3, 0.4) is 0 Å². The summed E-state index contributed by atoms with van der Waals surface area (Å²) in [4.78, 5) is 0. The molecule has 0 radical (unpaired) electrons. The van der Waals surface area contributed by atoms with Crippen LogP contribution in [0.2, 0.25) is 0 Å². The minimum Gasteiger partial charge on any atom is -0.0622 e. The van der Waals surface area contributed by atoms with Crippen LogP contribution in [0, 0.1) is 0 Å². The number of halogens is 2. The Morgan fingerprint density at radius 1 is 0.519 bits per heavy atom. The average Bonchev–Trinajstić information content (AvgIpc) is 3.06. The van der Waals surface area contributed by atoms with E-state index in [2.05, 4.69) is 123 Å². The molecule has 0 aromatic heterocycles. The number of fused-ring (bicyclic) bond motifs is 3. The molecule has 0 N–H and O–H groups in total. The van der Waals surface area contributed by atoms with E-state index in [0.717, 1.165) is 8.95 Å². The molecule has 5 rings (SSSR count).